The van der Waals surface area contributed by atoms with Crippen LogP contribution in [0.2, 0.25) is 10.0 Å². The Bertz CT molecular complexity index is 762. The van der Waals surface area contributed by atoms with Gasteiger partial charge in [-0.25, -0.2) is 0 Å². The van der Waals surface area contributed by atoms with E-state index in [1.807, 2.05) is 0 Å². The van der Waals surface area contributed by atoms with Crippen LogP contribution in [0, 0.1) is 0 Å². The normalized spacial score (nSPS) is 13.2. The van der Waals surface area contributed by atoms with Gasteiger partial charge in [0.2, 0.25) is 0 Å². The zero-order valence-corrected chi connectivity index (χ0v) is 16.3. The number of Topliss-reactive ketones (excluding diaryl/α,β-unsaturated/α-hetero) is 2. The van der Waals surface area contributed by atoms with Crippen LogP contribution >= 0.6 is 50.7 Å². The maximum atomic E-state index is 12.4. The van der Waals surface area contributed by atoms with E-state index in [4.69, 9.17) is 39.5 Å². The molecule has 0 aliphatic rings. The first-order valence-corrected chi connectivity index (χ1v) is 8.87. The van der Waals surface area contributed by atoms with Crippen LogP contribution < -0.4 is 4.74 Å². The number of hydrogen-bond acceptors (Lipinski definition) is 3. The molecule has 2 unspecified atom stereocenters. The van der Waals surface area contributed by atoms with E-state index in [1.165, 1.54) is 25.1 Å². The fourth-order valence-corrected chi connectivity index (χ4v) is 3.00. The molecule has 0 radical (unpaired) electrons. The van der Waals surface area contributed by atoms with Crippen LogP contribution in [0.1, 0.15) is 17.3 Å². The number of rotatable bonds is 6. The summed E-state index contributed by atoms with van der Waals surface area (Å²) >= 11 is 21.1. The van der Waals surface area contributed by atoms with Crippen molar-refractivity contribution in [2.24, 2.45) is 0 Å². The van der Waals surface area contributed by atoms with Gasteiger partial charge >= 0.3 is 0 Å². The van der Waals surface area contributed by atoms with Gasteiger partial charge in [-0.15, -0.1) is 11.6 Å². The lowest BCUT2D eigenvalue weighted by molar-refractivity contribution is -0.123. The summed E-state index contributed by atoms with van der Waals surface area (Å²) in [7, 11) is 0. The molecule has 7 heteroatoms. The van der Waals surface area contributed by atoms with E-state index in [9.17, 15) is 9.59 Å². The highest BCUT2D eigenvalue weighted by Gasteiger charge is 2.31. The standard InChI is InChI=1S/C17H12BrCl3O3/c1-9(24-12-5-2-10(18)3-6-12)16(22)15(21)17(23)13-7-4-11(19)8-14(13)20/h2-9,15H,1H3. The molecule has 0 bridgehead atoms. The SMILES string of the molecule is CC(Oc1ccc(Br)cc1)C(=O)C(Cl)C(=O)c1ccc(Cl)cc1Cl. The summed E-state index contributed by atoms with van der Waals surface area (Å²) in [5, 5.41) is -0.859. The van der Waals surface area contributed by atoms with Crippen LogP contribution in [0.4, 0.5) is 0 Å². The van der Waals surface area contributed by atoms with E-state index < -0.39 is 23.0 Å². The molecule has 2 atom stereocenters. The van der Waals surface area contributed by atoms with Crippen LogP contribution in [-0.4, -0.2) is 23.0 Å². The Morgan fingerprint density at radius 1 is 1.08 bits per heavy atom. The lowest BCUT2D eigenvalue weighted by Gasteiger charge is -2.16. The molecule has 0 saturated carbocycles. The average molecular weight is 451 g/mol. The third-order valence-corrected chi connectivity index (χ3v) is 4.69. The van der Waals surface area contributed by atoms with Crippen molar-refractivity contribution >= 4 is 62.3 Å². The lowest BCUT2D eigenvalue weighted by Crippen LogP contribution is -2.36. The third kappa shape index (κ3) is 4.73. The fourth-order valence-electron chi connectivity index (χ4n) is 1.94. The van der Waals surface area contributed by atoms with E-state index in [0.29, 0.717) is 10.8 Å². The highest BCUT2D eigenvalue weighted by atomic mass is 79.9. The van der Waals surface area contributed by atoms with Gasteiger partial charge in [-0.1, -0.05) is 39.1 Å². The summed E-state index contributed by atoms with van der Waals surface area (Å²) in [6.07, 6.45) is -0.885. The molecular formula is C17H12BrCl3O3. The van der Waals surface area contributed by atoms with Crippen molar-refractivity contribution in [3.63, 3.8) is 0 Å². The molecule has 2 aromatic carbocycles. The van der Waals surface area contributed by atoms with Gasteiger partial charge in [0, 0.05) is 15.1 Å². The maximum absolute atomic E-state index is 12.4. The smallest absolute Gasteiger partial charge is 0.198 e. The van der Waals surface area contributed by atoms with E-state index in [0.717, 1.165) is 4.47 Å². The largest absolute Gasteiger partial charge is 0.483 e. The predicted molar refractivity (Wildman–Crippen MR) is 99.7 cm³/mol. The summed E-state index contributed by atoms with van der Waals surface area (Å²) in [4.78, 5) is 24.7. The molecule has 0 fully saturated rings. The molecule has 0 aromatic heterocycles. The minimum Gasteiger partial charge on any atom is -0.483 e. The molecule has 0 heterocycles. The Balaban J connectivity index is 2.09. The molecule has 0 spiro atoms. The molecule has 0 amide bonds. The molecule has 126 valence electrons. The minimum atomic E-state index is -1.39. The molecular weight excluding hydrogens is 438 g/mol. The first-order chi connectivity index (χ1) is 11.3. The minimum absolute atomic E-state index is 0.144. The van der Waals surface area contributed by atoms with Gasteiger partial charge in [0.15, 0.2) is 23.0 Å². The van der Waals surface area contributed by atoms with Crippen molar-refractivity contribution in [1.82, 2.24) is 0 Å². The van der Waals surface area contributed by atoms with Crippen LogP contribution in [0.25, 0.3) is 0 Å². The Hall–Kier alpha value is -1.07. The van der Waals surface area contributed by atoms with E-state index in [1.54, 1.807) is 24.3 Å². The average Bonchev–Trinajstić information content (AvgIpc) is 2.55. The van der Waals surface area contributed by atoms with Crippen molar-refractivity contribution in [1.29, 1.82) is 0 Å². The number of halogens is 4. The van der Waals surface area contributed by atoms with Crippen molar-refractivity contribution < 1.29 is 14.3 Å². The summed E-state index contributed by atoms with van der Waals surface area (Å²) < 4.78 is 6.41. The van der Waals surface area contributed by atoms with Crippen LogP contribution in [0.5, 0.6) is 5.75 Å². The third-order valence-electron chi connectivity index (χ3n) is 3.20. The highest BCUT2D eigenvalue weighted by molar-refractivity contribution is 9.10. The van der Waals surface area contributed by atoms with Crippen LogP contribution in [-0.2, 0) is 4.79 Å². The molecule has 0 saturated heterocycles. The lowest BCUT2D eigenvalue weighted by atomic mass is 10.0. The van der Waals surface area contributed by atoms with Crippen molar-refractivity contribution in [2.45, 2.75) is 18.4 Å². The predicted octanol–water partition coefficient (Wildman–Crippen LogP) is 5.58. The monoisotopic (exact) mass is 448 g/mol. The van der Waals surface area contributed by atoms with Gasteiger partial charge in [0.05, 0.1) is 5.02 Å². The second kappa shape index (κ2) is 8.34. The van der Waals surface area contributed by atoms with Gasteiger partial charge in [-0.05, 0) is 49.4 Å². The summed E-state index contributed by atoms with van der Waals surface area (Å²) in [6, 6.07) is 11.3. The van der Waals surface area contributed by atoms with Gasteiger partial charge in [0.25, 0.3) is 0 Å². The number of benzene rings is 2. The Labute approximate surface area is 163 Å². The van der Waals surface area contributed by atoms with Gasteiger partial charge in [0.1, 0.15) is 5.75 Å². The Kier molecular flexibility index (Phi) is 6.70. The number of ether oxygens (including phenoxy) is 1. The molecule has 0 N–H and O–H groups in total. The summed E-state index contributed by atoms with van der Waals surface area (Å²) in [5.74, 6) is -0.634. The number of carbonyl (C=O) groups excluding carboxylic acids is 2. The number of ketones is 2. The van der Waals surface area contributed by atoms with Crippen molar-refractivity contribution in [2.75, 3.05) is 0 Å². The molecule has 3 nitrogen and oxygen atoms in total. The molecule has 0 aliphatic carbocycles. The number of hydrogen-bond donors (Lipinski definition) is 0. The molecule has 2 aromatic rings. The van der Waals surface area contributed by atoms with Gasteiger partial charge in [-0.2, -0.15) is 0 Å². The van der Waals surface area contributed by atoms with Crippen molar-refractivity contribution in [3.05, 3.63) is 62.5 Å². The van der Waals surface area contributed by atoms with Crippen LogP contribution in [0.3, 0.4) is 0 Å². The topological polar surface area (TPSA) is 43.4 Å². The fraction of sp³-hybridized carbons (Fsp3) is 0.176. The quantitative estimate of drug-likeness (QED) is 0.328. The Morgan fingerprint density at radius 3 is 2.29 bits per heavy atom. The molecule has 0 aliphatic heterocycles. The van der Waals surface area contributed by atoms with Gasteiger partial charge < -0.3 is 4.74 Å². The first kappa shape index (κ1) is 19.3. The van der Waals surface area contributed by atoms with E-state index >= 15 is 0 Å². The maximum Gasteiger partial charge on any atom is 0.198 e. The van der Waals surface area contributed by atoms with E-state index in [2.05, 4.69) is 15.9 Å². The highest BCUT2D eigenvalue weighted by Crippen LogP contribution is 2.24. The Morgan fingerprint density at radius 2 is 1.71 bits per heavy atom. The van der Waals surface area contributed by atoms with E-state index in [-0.39, 0.29) is 10.6 Å². The van der Waals surface area contributed by atoms with Crippen molar-refractivity contribution in [3.8, 4) is 5.75 Å². The summed E-state index contributed by atoms with van der Waals surface area (Å²) in [5.41, 5.74) is 0.144. The molecule has 24 heavy (non-hydrogen) atoms. The molecule has 2 rings (SSSR count). The second-order valence-corrected chi connectivity index (χ2v) is 7.16. The summed E-state index contributed by atoms with van der Waals surface area (Å²) in [6.45, 7) is 1.54. The van der Waals surface area contributed by atoms with Crippen LogP contribution in [0.15, 0.2) is 46.9 Å². The number of carbonyl (C=O) groups is 2. The van der Waals surface area contributed by atoms with Gasteiger partial charge in [-0.3, -0.25) is 9.59 Å². The number of alkyl halides is 1. The zero-order chi connectivity index (χ0) is 17.9. The zero-order valence-electron chi connectivity index (χ0n) is 12.4. The first-order valence-electron chi connectivity index (χ1n) is 6.89. The second-order valence-electron chi connectivity index (χ2n) is 4.97.